The van der Waals surface area contributed by atoms with Crippen molar-refractivity contribution in [3.8, 4) is 0 Å². The average Bonchev–Trinajstić information content (AvgIpc) is 2.07. The third-order valence-electron chi connectivity index (χ3n) is 2.11. The Balaban J connectivity index is 2.21. The van der Waals surface area contributed by atoms with Crippen molar-refractivity contribution in [3.63, 3.8) is 0 Å². The number of hydrogen-bond donors (Lipinski definition) is 1. The summed E-state index contributed by atoms with van der Waals surface area (Å²) in [6.45, 7) is 0.519. The lowest BCUT2D eigenvalue weighted by atomic mass is 10.00. The van der Waals surface area contributed by atoms with E-state index in [2.05, 4.69) is 5.32 Å². The van der Waals surface area contributed by atoms with Crippen molar-refractivity contribution in [2.24, 2.45) is 5.92 Å². The molecule has 0 aromatic carbocycles. The van der Waals surface area contributed by atoms with Gasteiger partial charge in [-0.2, -0.15) is 11.8 Å². The lowest BCUT2D eigenvalue weighted by Gasteiger charge is -2.24. The highest BCUT2D eigenvalue weighted by molar-refractivity contribution is 7.99. The molecule has 1 aliphatic rings. The van der Waals surface area contributed by atoms with Gasteiger partial charge in [-0.1, -0.05) is 0 Å². The summed E-state index contributed by atoms with van der Waals surface area (Å²) >= 11 is 1.89. The molecule has 0 saturated carbocycles. The minimum Gasteiger partial charge on any atom is -0.317 e. The van der Waals surface area contributed by atoms with Crippen molar-refractivity contribution in [2.45, 2.75) is 19.0 Å². The van der Waals surface area contributed by atoms with E-state index in [1.165, 1.54) is 12.2 Å². The second-order valence-corrected chi connectivity index (χ2v) is 4.20. The molecule has 0 bridgehead atoms. The largest absolute Gasteiger partial charge is 0.317 e. The lowest BCUT2D eigenvalue weighted by Crippen LogP contribution is -2.30. The molecule has 1 aliphatic heterocycles. The zero-order valence-corrected chi connectivity index (χ0v) is 7.79. The molecule has 1 saturated heterocycles. The molecule has 0 aliphatic carbocycles. The first-order valence-corrected chi connectivity index (χ1v) is 5.36. The lowest BCUT2D eigenvalue weighted by molar-refractivity contribution is 0.228. The van der Waals surface area contributed by atoms with Gasteiger partial charge in [-0.15, -0.1) is 0 Å². The Labute approximate surface area is 72.1 Å². The molecular weight excluding hydrogens is 161 g/mol. The van der Waals surface area contributed by atoms with Crippen LogP contribution in [0.25, 0.3) is 0 Å². The summed E-state index contributed by atoms with van der Waals surface area (Å²) < 4.78 is 13.2. The Kier molecular flexibility index (Phi) is 4.23. The van der Waals surface area contributed by atoms with Crippen LogP contribution in [0.4, 0.5) is 4.39 Å². The Morgan fingerprint density at radius 2 is 2.55 bits per heavy atom. The smallest absolute Gasteiger partial charge is 0.116 e. The molecule has 11 heavy (non-hydrogen) atoms. The van der Waals surface area contributed by atoms with Gasteiger partial charge >= 0.3 is 0 Å². The van der Waals surface area contributed by atoms with E-state index in [9.17, 15) is 4.39 Å². The molecule has 0 aromatic heterocycles. The Bertz CT molecular complexity index is 104. The van der Waals surface area contributed by atoms with E-state index in [0.29, 0.717) is 12.5 Å². The maximum atomic E-state index is 13.2. The summed E-state index contributed by atoms with van der Waals surface area (Å²) in [5.41, 5.74) is 0. The van der Waals surface area contributed by atoms with Crippen molar-refractivity contribution >= 4 is 11.8 Å². The van der Waals surface area contributed by atoms with Crippen molar-refractivity contribution in [3.05, 3.63) is 0 Å². The zero-order chi connectivity index (χ0) is 8.10. The molecule has 2 unspecified atom stereocenters. The highest BCUT2D eigenvalue weighted by atomic mass is 32.2. The summed E-state index contributed by atoms with van der Waals surface area (Å²) in [5, 5.41) is 2.88. The number of rotatable bonds is 3. The predicted octanol–water partition coefficient (Wildman–Crippen LogP) is 1.69. The number of thioether (sulfide) groups is 1. The van der Waals surface area contributed by atoms with Crippen molar-refractivity contribution < 1.29 is 4.39 Å². The number of nitrogens with one attached hydrogen (secondary N) is 1. The molecule has 3 heteroatoms. The van der Waals surface area contributed by atoms with Crippen molar-refractivity contribution in [1.82, 2.24) is 5.32 Å². The summed E-state index contributed by atoms with van der Waals surface area (Å²) in [6.07, 6.45) is 1.64. The summed E-state index contributed by atoms with van der Waals surface area (Å²) in [5.74, 6) is 2.55. The van der Waals surface area contributed by atoms with Crippen LogP contribution in [-0.2, 0) is 0 Å². The van der Waals surface area contributed by atoms with Crippen LogP contribution in [0.3, 0.4) is 0 Å². The molecule has 0 aromatic rings. The van der Waals surface area contributed by atoms with E-state index in [-0.39, 0.29) is 0 Å². The van der Waals surface area contributed by atoms with E-state index in [0.717, 1.165) is 12.2 Å². The highest BCUT2D eigenvalue weighted by Gasteiger charge is 2.22. The SMILES string of the molecule is CNCC(F)C1CCCSC1. The molecule has 1 fully saturated rings. The van der Waals surface area contributed by atoms with Crippen LogP contribution in [0.2, 0.25) is 0 Å². The fourth-order valence-electron chi connectivity index (χ4n) is 1.41. The van der Waals surface area contributed by atoms with Crippen LogP contribution >= 0.6 is 11.8 Å². The standard InChI is InChI=1S/C8H16FNS/c1-10-5-8(9)7-3-2-4-11-6-7/h7-8,10H,2-6H2,1H3. The Hall–Kier alpha value is 0.240. The maximum Gasteiger partial charge on any atom is 0.116 e. The Morgan fingerprint density at radius 3 is 3.09 bits per heavy atom. The third-order valence-corrected chi connectivity index (χ3v) is 3.35. The van der Waals surface area contributed by atoms with E-state index in [4.69, 9.17) is 0 Å². The van der Waals surface area contributed by atoms with Gasteiger partial charge in [0.25, 0.3) is 0 Å². The van der Waals surface area contributed by atoms with Gasteiger partial charge in [-0.25, -0.2) is 4.39 Å². The fraction of sp³-hybridized carbons (Fsp3) is 1.00. The number of alkyl halides is 1. The van der Waals surface area contributed by atoms with Crippen molar-refractivity contribution in [1.29, 1.82) is 0 Å². The van der Waals surface area contributed by atoms with Gasteiger partial charge in [0.2, 0.25) is 0 Å². The molecule has 0 amide bonds. The van der Waals surface area contributed by atoms with Crippen LogP contribution in [0, 0.1) is 5.92 Å². The third kappa shape index (κ3) is 2.99. The molecule has 1 heterocycles. The first kappa shape index (κ1) is 9.33. The van der Waals surface area contributed by atoms with Crippen LogP contribution in [0.1, 0.15) is 12.8 Å². The molecule has 0 radical (unpaired) electrons. The monoisotopic (exact) mass is 177 g/mol. The summed E-state index contributed by atoms with van der Waals surface area (Å²) in [6, 6.07) is 0. The van der Waals surface area contributed by atoms with Gasteiger partial charge in [0.1, 0.15) is 6.17 Å². The summed E-state index contributed by atoms with van der Waals surface area (Å²) in [7, 11) is 1.81. The van der Waals surface area contributed by atoms with Gasteiger partial charge in [-0.05, 0) is 31.4 Å². The maximum absolute atomic E-state index is 13.2. The minimum atomic E-state index is -0.632. The molecule has 2 atom stereocenters. The quantitative estimate of drug-likeness (QED) is 0.704. The molecule has 1 rings (SSSR count). The second-order valence-electron chi connectivity index (χ2n) is 3.05. The number of halogens is 1. The topological polar surface area (TPSA) is 12.0 Å². The number of hydrogen-bond acceptors (Lipinski definition) is 2. The fourth-order valence-corrected chi connectivity index (χ4v) is 2.63. The van der Waals surface area contributed by atoms with Crippen LogP contribution in [-0.4, -0.2) is 31.3 Å². The highest BCUT2D eigenvalue weighted by Crippen LogP contribution is 2.26. The van der Waals surface area contributed by atoms with E-state index < -0.39 is 6.17 Å². The van der Waals surface area contributed by atoms with Gasteiger partial charge in [0, 0.05) is 12.5 Å². The normalized spacial score (nSPS) is 28.4. The van der Waals surface area contributed by atoms with Gasteiger partial charge in [0.15, 0.2) is 0 Å². The first-order chi connectivity index (χ1) is 5.34. The molecule has 66 valence electrons. The van der Waals surface area contributed by atoms with Gasteiger partial charge in [0.05, 0.1) is 0 Å². The van der Waals surface area contributed by atoms with Gasteiger partial charge in [-0.3, -0.25) is 0 Å². The van der Waals surface area contributed by atoms with Crippen LogP contribution < -0.4 is 5.32 Å². The molecule has 0 spiro atoms. The van der Waals surface area contributed by atoms with E-state index in [1.807, 2.05) is 18.8 Å². The average molecular weight is 177 g/mol. The molecule has 1 N–H and O–H groups in total. The minimum absolute atomic E-state index is 0.307. The summed E-state index contributed by atoms with van der Waals surface area (Å²) in [4.78, 5) is 0. The molecule has 1 nitrogen and oxygen atoms in total. The molecular formula is C8H16FNS. The van der Waals surface area contributed by atoms with Crippen LogP contribution in [0.5, 0.6) is 0 Å². The van der Waals surface area contributed by atoms with Crippen molar-refractivity contribution in [2.75, 3.05) is 25.1 Å². The van der Waals surface area contributed by atoms with Gasteiger partial charge < -0.3 is 5.32 Å². The second kappa shape index (κ2) is 4.99. The first-order valence-electron chi connectivity index (χ1n) is 4.21. The Morgan fingerprint density at radius 1 is 1.73 bits per heavy atom. The van der Waals surface area contributed by atoms with Crippen LogP contribution in [0.15, 0.2) is 0 Å². The predicted molar refractivity (Wildman–Crippen MR) is 48.9 cm³/mol. The zero-order valence-electron chi connectivity index (χ0n) is 6.98. The van der Waals surface area contributed by atoms with E-state index >= 15 is 0 Å². The van der Waals surface area contributed by atoms with E-state index in [1.54, 1.807) is 0 Å².